The number of rotatable bonds is 10. The topological polar surface area (TPSA) is 21.3 Å². The second-order valence-corrected chi connectivity index (χ2v) is 4.78. The molecule has 0 saturated heterocycles. The van der Waals surface area contributed by atoms with Crippen molar-refractivity contribution in [1.29, 1.82) is 0 Å². The largest absolute Gasteiger partial charge is 0.385 e. The van der Waals surface area contributed by atoms with E-state index in [0.29, 0.717) is 6.61 Å². The number of hydrogen-bond acceptors (Lipinski definition) is 2. The van der Waals surface area contributed by atoms with E-state index < -0.39 is 0 Å². The third kappa shape index (κ3) is 6.06. The van der Waals surface area contributed by atoms with E-state index in [9.17, 15) is 0 Å². The second-order valence-electron chi connectivity index (χ2n) is 4.78. The van der Waals surface area contributed by atoms with E-state index >= 15 is 0 Å². The number of nitrogens with one attached hydrogen (secondary N) is 1. The number of benzene rings is 1. The predicted octanol–water partition coefficient (Wildman–Crippen LogP) is 4.61. The Labute approximate surface area is 112 Å². The van der Waals surface area contributed by atoms with Gasteiger partial charge in [0, 0.05) is 24.9 Å². The van der Waals surface area contributed by atoms with E-state index in [1.165, 1.54) is 49.8 Å². The van der Waals surface area contributed by atoms with Crippen molar-refractivity contribution in [3.63, 3.8) is 0 Å². The van der Waals surface area contributed by atoms with Gasteiger partial charge in [0.15, 0.2) is 0 Å². The maximum absolute atomic E-state index is 5.20. The van der Waals surface area contributed by atoms with Gasteiger partial charge < -0.3 is 10.1 Å². The molecule has 0 aliphatic heterocycles. The molecule has 0 aliphatic carbocycles. The normalized spacial score (nSPS) is 10.6. The Kier molecular flexibility index (Phi) is 8.32. The molecule has 0 saturated carbocycles. The first-order chi connectivity index (χ1) is 8.88. The predicted molar refractivity (Wildman–Crippen MR) is 79.0 cm³/mol. The lowest BCUT2D eigenvalue weighted by molar-refractivity contribution is 0.185. The summed E-state index contributed by atoms with van der Waals surface area (Å²) in [6.07, 6.45) is 8.04. The van der Waals surface area contributed by atoms with Crippen LogP contribution in [0, 0.1) is 0 Å². The monoisotopic (exact) mass is 249 g/mol. The minimum Gasteiger partial charge on any atom is -0.385 e. The Balaban J connectivity index is 2.18. The molecule has 0 heterocycles. The van der Waals surface area contributed by atoms with Crippen LogP contribution in [0.15, 0.2) is 24.3 Å². The minimum atomic E-state index is 0.680. The van der Waals surface area contributed by atoms with Gasteiger partial charge >= 0.3 is 0 Å². The summed E-state index contributed by atoms with van der Waals surface area (Å²) in [6, 6.07) is 8.38. The summed E-state index contributed by atoms with van der Waals surface area (Å²) >= 11 is 0. The number of methoxy groups -OCH3 is 1. The van der Waals surface area contributed by atoms with Crippen LogP contribution in [0.3, 0.4) is 0 Å². The van der Waals surface area contributed by atoms with Gasteiger partial charge in [0.05, 0.1) is 6.61 Å². The molecule has 0 atom stereocenters. The van der Waals surface area contributed by atoms with Gasteiger partial charge in [0.2, 0.25) is 0 Å². The van der Waals surface area contributed by atoms with Gasteiger partial charge in [0.1, 0.15) is 0 Å². The first-order valence-electron chi connectivity index (χ1n) is 7.19. The Morgan fingerprint density at radius 1 is 1.00 bits per heavy atom. The van der Waals surface area contributed by atoms with Crippen molar-refractivity contribution in [2.45, 2.75) is 52.1 Å². The van der Waals surface area contributed by atoms with Crippen LogP contribution >= 0.6 is 0 Å². The molecule has 2 heteroatoms. The summed E-state index contributed by atoms with van der Waals surface area (Å²) in [4.78, 5) is 0. The van der Waals surface area contributed by atoms with Gasteiger partial charge in [0.25, 0.3) is 0 Å². The summed E-state index contributed by atoms with van der Waals surface area (Å²) in [5, 5.41) is 3.51. The zero-order chi connectivity index (χ0) is 13.1. The number of para-hydroxylation sites is 1. The molecule has 0 fully saturated rings. The molecule has 0 aliphatic rings. The van der Waals surface area contributed by atoms with Crippen LogP contribution in [0.4, 0.5) is 5.69 Å². The van der Waals surface area contributed by atoms with E-state index in [1.54, 1.807) is 7.11 Å². The third-order valence-corrected chi connectivity index (χ3v) is 3.16. The van der Waals surface area contributed by atoms with Crippen LogP contribution in [0.2, 0.25) is 0 Å². The minimum absolute atomic E-state index is 0.680. The van der Waals surface area contributed by atoms with Gasteiger partial charge in [-0.2, -0.15) is 0 Å². The van der Waals surface area contributed by atoms with Crippen molar-refractivity contribution >= 4 is 5.69 Å². The summed E-state index contributed by atoms with van der Waals surface area (Å²) in [7, 11) is 1.74. The van der Waals surface area contributed by atoms with Gasteiger partial charge in [-0.1, -0.05) is 57.2 Å². The van der Waals surface area contributed by atoms with Gasteiger partial charge in [-0.05, 0) is 12.5 Å². The van der Waals surface area contributed by atoms with Gasteiger partial charge in [-0.25, -0.2) is 0 Å². The first-order valence-corrected chi connectivity index (χ1v) is 7.19. The average molecular weight is 249 g/mol. The summed E-state index contributed by atoms with van der Waals surface area (Å²) in [5.41, 5.74) is 2.46. The van der Waals surface area contributed by atoms with Crippen molar-refractivity contribution in [2.75, 3.05) is 19.0 Å². The van der Waals surface area contributed by atoms with Crippen molar-refractivity contribution in [3.8, 4) is 0 Å². The van der Waals surface area contributed by atoms with E-state index in [-0.39, 0.29) is 0 Å². The van der Waals surface area contributed by atoms with E-state index in [0.717, 1.165) is 6.54 Å². The first kappa shape index (κ1) is 15.0. The molecule has 1 N–H and O–H groups in total. The number of anilines is 1. The van der Waals surface area contributed by atoms with Crippen LogP contribution in [-0.4, -0.2) is 13.7 Å². The van der Waals surface area contributed by atoms with Crippen LogP contribution in [0.25, 0.3) is 0 Å². The highest BCUT2D eigenvalue weighted by molar-refractivity contribution is 5.50. The highest BCUT2D eigenvalue weighted by atomic mass is 16.5. The lowest BCUT2D eigenvalue weighted by atomic mass is 10.1. The van der Waals surface area contributed by atoms with Crippen LogP contribution in [-0.2, 0) is 11.3 Å². The zero-order valence-corrected chi connectivity index (χ0v) is 11.9. The fraction of sp³-hybridized carbons (Fsp3) is 0.625. The van der Waals surface area contributed by atoms with Crippen molar-refractivity contribution < 1.29 is 4.74 Å². The van der Waals surface area contributed by atoms with Crippen molar-refractivity contribution in [3.05, 3.63) is 29.8 Å². The summed E-state index contributed by atoms with van der Waals surface area (Å²) in [5.74, 6) is 0. The molecule has 1 aromatic rings. The quantitative estimate of drug-likeness (QED) is 0.612. The maximum atomic E-state index is 5.20. The molecule has 0 radical (unpaired) electrons. The Morgan fingerprint density at radius 2 is 1.72 bits per heavy atom. The lowest BCUT2D eigenvalue weighted by Gasteiger charge is -2.11. The van der Waals surface area contributed by atoms with Crippen LogP contribution in [0.5, 0.6) is 0 Å². The van der Waals surface area contributed by atoms with E-state index in [4.69, 9.17) is 4.74 Å². The molecule has 0 aromatic heterocycles. The fourth-order valence-corrected chi connectivity index (χ4v) is 2.10. The zero-order valence-electron chi connectivity index (χ0n) is 11.9. The third-order valence-electron chi connectivity index (χ3n) is 3.16. The Hall–Kier alpha value is -1.02. The standard InChI is InChI=1S/C16H27NO/c1-3-4-5-6-7-10-13-17-16-12-9-8-11-15(16)14-18-2/h8-9,11-12,17H,3-7,10,13-14H2,1-2H3. The van der Waals surface area contributed by atoms with Crippen molar-refractivity contribution in [1.82, 2.24) is 0 Å². The van der Waals surface area contributed by atoms with Gasteiger partial charge in [-0.3, -0.25) is 0 Å². The fourth-order valence-electron chi connectivity index (χ4n) is 2.10. The van der Waals surface area contributed by atoms with E-state index in [2.05, 4.69) is 36.5 Å². The SMILES string of the molecule is CCCCCCCCNc1ccccc1COC. The number of unbranched alkanes of at least 4 members (excludes halogenated alkanes) is 5. The van der Waals surface area contributed by atoms with Crippen LogP contribution in [0.1, 0.15) is 51.0 Å². The Bertz CT molecular complexity index is 312. The average Bonchev–Trinajstić information content (AvgIpc) is 2.40. The number of ether oxygens (including phenoxy) is 1. The van der Waals surface area contributed by atoms with Crippen LogP contribution < -0.4 is 5.32 Å². The Morgan fingerprint density at radius 3 is 2.50 bits per heavy atom. The van der Waals surface area contributed by atoms with E-state index in [1.807, 2.05) is 0 Å². The lowest BCUT2D eigenvalue weighted by Crippen LogP contribution is -2.04. The highest BCUT2D eigenvalue weighted by Gasteiger charge is 1.99. The molecule has 0 bridgehead atoms. The van der Waals surface area contributed by atoms with Crippen molar-refractivity contribution in [2.24, 2.45) is 0 Å². The smallest absolute Gasteiger partial charge is 0.0733 e. The van der Waals surface area contributed by atoms with Gasteiger partial charge in [-0.15, -0.1) is 0 Å². The molecule has 2 nitrogen and oxygen atoms in total. The molecule has 18 heavy (non-hydrogen) atoms. The second kappa shape index (κ2) is 9.95. The molecule has 102 valence electrons. The summed E-state index contributed by atoms with van der Waals surface area (Å²) in [6.45, 7) is 4.00. The molecular weight excluding hydrogens is 222 g/mol. The molecular formula is C16H27NO. The molecule has 1 aromatic carbocycles. The molecule has 1 rings (SSSR count). The molecule has 0 spiro atoms. The molecule has 0 amide bonds. The maximum Gasteiger partial charge on any atom is 0.0733 e. The summed E-state index contributed by atoms with van der Waals surface area (Å²) < 4.78 is 5.20. The number of hydrogen-bond donors (Lipinski definition) is 1. The molecule has 0 unspecified atom stereocenters. The highest BCUT2D eigenvalue weighted by Crippen LogP contribution is 2.16.